The number of aliphatic hydroxyl groups is 1. The number of nitrogens with two attached hydrogens (primary N) is 2. The van der Waals surface area contributed by atoms with Crippen molar-refractivity contribution in [2.45, 2.75) is 176 Å². The number of carbonyl (C=O) groups is 7. The molecule has 1 heterocycles. The van der Waals surface area contributed by atoms with E-state index in [1.807, 2.05) is 67.3 Å². The van der Waals surface area contributed by atoms with Crippen molar-refractivity contribution in [2.24, 2.45) is 63.7 Å². The van der Waals surface area contributed by atoms with Crippen molar-refractivity contribution in [1.29, 1.82) is 1.45 Å². The van der Waals surface area contributed by atoms with E-state index < -0.39 is 39.6 Å². The van der Waals surface area contributed by atoms with Crippen molar-refractivity contribution in [3.05, 3.63) is 239 Å². The van der Waals surface area contributed by atoms with Crippen LogP contribution in [0.15, 0.2) is 177 Å². The lowest BCUT2D eigenvalue weighted by Gasteiger charge is -2.46. The number of imide groups is 1. The molecule has 12 atom stereocenters. The van der Waals surface area contributed by atoms with E-state index in [1.165, 1.54) is 95.9 Å². The molecule has 4 amide bonds. The van der Waals surface area contributed by atoms with E-state index in [9.17, 15) is 55.3 Å². The van der Waals surface area contributed by atoms with Crippen LogP contribution in [-0.2, 0) is 57.2 Å². The van der Waals surface area contributed by atoms with Gasteiger partial charge in [0, 0.05) is 60.4 Å². The second kappa shape index (κ2) is 48.0. The number of rotatable bonds is 32. The van der Waals surface area contributed by atoms with Gasteiger partial charge in [-0.1, -0.05) is 160 Å². The Hall–Kier alpha value is -8.22. The topological polar surface area (TPSA) is 219 Å². The number of thioether (sulfide) groups is 1. The molecular weight excluding hydrogens is 1530 g/mol. The molecule has 0 saturated heterocycles. The quantitative estimate of drug-likeness (QED) is 0.0120. The third-order valence-corrected chi connectivity index (χ3v) is 24.6. The lowest BCUT2D eigenvalue weighted by Crippen LogP contribution is -2.54. The Bertz CT molecular complexity index is 4160. The molecule has 10 unspecified atom stereocenters. The Morgan fingerprint density at radius 2 is 1.03 bits per heavy atom. The Kier molecular flexibility index (Phi) is 40.0. The van der Waals surface area contributed by atoms with Gasteiger partial charge in [0.1, 0.15) is 47.3 Å². The van der Waals surface area contributed by atoms with E-state index >= 15 is 8.78 Å². The lowest BCUT2D eigenvalue weighted by molar-refractivity contribution is -0.137. The van der Waals surface area contributed by atoms with Crippen LogP contribution in [0.1, 0.15) is 179 Å². The summed E-state index contributed by atoms with van der Waals surface area (Å²) in [6.45, 7) is 29.5. The molecule has 4 aliphatic carbocycles. The molecule has 5 N–H and O–H groups in total. The minimum Gasteiger partial charge on any atom is -0.389 e. The number of amides is 4. The van der Waals surface area contributed by atoms with Crippen molar-refractivity contribution in [1.82, 2.24) is 14.7 Å². The normalized spacial score (nSPS) is 21.2. The van der Waals surface area contributed by atoms with Crippen LogP contribution in [0.5, 0.6) is 0 Å². The zero-order chi connectivity index (χ0) is 86.9. The average molecular weight is 1650 g/mol. The highest BCUT2D eigenvalue weighted by Gasteiger charge is 2.50. The van der Waals surface area contributed by atoms with Crippen LogP contribution in [0.4, 0.5) is 31.1 Å². The fourth-order valence-corrected chi connectivity index (χ4v) is 19.4. The fraction of sp³-hybridized carbons (Fsp3) is 0.495. The Labute approximate surface area is 691 Å². The summed E-state index contributed by atoms with van der Waals surface area (Å²) in [5.74, 6) is -3.93. The number of allylic oxidation sites excluding steroid dienone is 6. The number of aliphatic hydroxyl groups excluding tert-OH is 1. The summed E-state index contributed by atoms with van der Waals surface area (Å²) in [5, 5.41) is 7.79. The molecule has 5 aromatic carbocycles. The van der Waals surface area contributed by atoms with E-state index in [1.54, 1.807) is 11.0 Å². The number of benzene rings is 5. The van der Waals surface area contributed by atoms with Crippen LogP contribution >= 0.6 is 11.8 Å². The summed E-state index contributed by atoms with van der Waals surface area (Å²) < 4.78 is 112. The highest BCUT2D eigenvalue weighted by atomic mass is 32.2. The molecule has 5 aliphatic rings. The van der Waals surface area contributed by atoms with Crippen LogP contribution < -0.4 is 11.5 Å². The molecule has 0 radical (unpaired) electrons. The molecule has 0 bridgehead atoms. The largest absolute Gasteiger partial charge is 0.389 e. The van der Waals surface area contributed by atoms with Crippen LogP contribution in [0.25, 0.3) is 0 Å². The van der Waals surface area contributed by atoms with E-state index in [4.69, 9.17) is 21.3 Å². The van der Waals surface area contributed by atoms with Gasteiger partial charge >= 0.3 is 0 Å². The van der Waals surface area contributed by atoms with Gasteiger partial charge in [-0.05, 0) is 261 Å². The first-order chi connectivity index (χ1) is 55.6. The maximum absolute atomic E-state index is 15.0. The molecule has 0 aromatic heterocycles. The van der Waals surface area contributed by atoms with Crippen molar-refractivity contribution in [3.63, 3.8) is 0 Å². The molecule has 3 saturated carbocycles. The third-order valence-electron chi connectivity index (χ3n) is 22.3. The SMILES string of the molecule is C=CC=CC(=C)CC1CC(c2cc(F)ccc2F)CC1C.CC.CC(=O)CO.CC(C)(C)[C@H](C1CC(c2cc(F)ccc2F)CC1Cc1ccccc1)N(CCCN)C(=O)CS(=O)CC1C(=O)C=CC1=O.CC(C)(C)[C@H](C1CC(c2cc(F)ccc2F)CC1Cc1ccccc1)N(CCCN)C(=O)CSCCCN1C(=O)C=CC1=O.[3H]F. The molecule has 5 aromatic rings. The monoisotopic (exact) mass is 1650 g/mol. The summed E-state index contributed by atoms with van der Waals surface area (Å²) >= 11 is 1.50. The van der Waals surface area contributed by atoms with Gasteiger partial charge in [0.2, 0.25) is 11.8 Å². The van der Waals surface area contributed by atoms with Gasteiger partial charge in [0.15, 0.2) is 17.3 Å². The van der Waals surface area contributed by atoms with Crippen molar-refractivity contribution >= 4 is 63.5 Å². The molecular formula is C93H122F7N5O9S2. The predicted molar refractivity (Wildman–Crippen MR) is 452 cm³/mol. The van der Waals surface area contributed by atoms with E-state index in [2.05, 4.69) is 87.3 Å². The van der Waals surface area contributed by atoms with Crippen LogP contribution in [0, 0.1) is 87.2 Å². The summed E-state index contributed by atoms with van der Waals surface area (Å²) in [5.41, 5.74) is 15.8. The number of carbonyl (C=O) groups excluding carboxylic acids is 7. The zero-order valence-corrected chi connectivity index (χ0v) is 70.7. The van der Waals surface area contributed by atoms with Gasteiger partial charge in [0.05, 0.1) is 11.7 Å². The molecule has 10 rings (SSSR count). The van der Waals surface area contributed by atoms with Crippen LogP contribution in [0.2, 0.25) is 0 Å². The standard InChI is InChI=1S/C35H45F2N3O3S.C34H42F2N2O4S.C19H22F2.C3H6O2.C2H6.FH/c1-35(2,3)34(40(16-7-15-38)33(43)23-44-18-8-17-39-31(41)13-14-32(39)42)29-21-26(28-22-27(36)11-12-30(28)37)20-25(29)19-24-9-5-4-6-10-24;1-34(2,3)33(38(15-7-14-37)32(41)21-43(42)20-28-30(39)12-13-31(28)40)27-18-24(26-19-25(35)10-11-29(26)36)17-23(27)16-22-8-5-4-6-9-22;1-4-5-6-13(2)9-15-11-16(10-14(15)3)18-12-17(20)7-8-19(18)21;1-3(5)2-4;1-2;/h4-6,9-14,22,25-26,29,34H,7-8,15-21,23,38H2,1-3H3;4-6,8-13,19,23-24,27-28,33H,7,14-18,20-21,37H2,1-3H3;4-8,12,14-16H,1-2,9-11H2,3H3;4H,2H2,1H3;1-2H3;1H/t25?,26?,29?,34-;23?,24?,27?,33-,43?;;;;/m00..../s1/i/hT. The van der Waals surface area contributed by atoms with Crippen molar-refractivity contribution in [2.75, 3.05) is 62.3 Å². The molecule has 0 spiro atoms. The first kappa shape index (κ1) is 96.6. The molecule has 116 heavy (non-hydrogen) atoms. The summed E-state index contributed by atoms with van der Waals surface area (Å²) in [4.78, 5) is 90.3. The molecule has 14 nitrogen and oxygen atoms in total. The van der Waals surface area contributed by atoms with Crippen molar-refractivity contribution in [3.8, 4) is 0 Å². The smallest absolute Gasteiger partial charge is 0.269 e. The summed E-state index contributed by atoms with van der Waals surface area (Å²) in [7, 11) is -1.73. The number of hydrogen-bond donors (Lipinski definition) is 3. The van der Waals surface area contributed by atoms with E-state index in [0.29, 0.717) is 112 Å². The van der Waals surface area contributed by atoms with Crippen LogP contribution in [0.3, 0.4) is 0 Å². The number of hydrogen-bond acceptors (Lipinski definition) is 12. The van der Waals surface area contributed by atoms with Gasteiger partial charge in [-0.3, -0.25) is 47.4 Å². The molecule has 23 heteroatoms. The Balaban J connectivity index is 0.000000312. The molecule has 634 valence electrons. The van der Waals surface area contributed by atoms with Crippen LogP contribution in [-0.4, -0.2) is 141 Å². The Morgan fingerprint density at radius 1 is 0.629 bits per heavy atom. The number of ketones is 3. The highest BCUT2D eigenvalue weighted by molar-refractivity contribution is 7.99. The van der Waals surface area contributed by atoms with Crippen molar-refractivity contribution < 1.29 is 73.9 Å². The maximum atomic E-state index is 15.0. The third kappa shape index (κ3) is 29.4. The van der Waals surface area contributed by atoms with Gasteiger partial charge in [0.25, 0.3) is 13.3 Å². The number of Topliss-reactive ketones (excluding diaryl/α,β-unsaturated/α-hetero) is 1. The average Bonchev–Trinajstić information content (AvgIpc) is 1.65. The van der Waals surface area contributed by atoms with Gasteiger partial charge in [-0.15, -0.1) is 0 Å². The molecule has 3 fully saturated rings. The van der Waals surface area contributed by atoms with E-state index in [0.717, 1.165) is 55.4 Å². The zero-order valence-electron chi connectivity index (χ0n) is 70.1. The minimum absolute atomic E-state index is 0.0252. The summed E-state index contributed by atoms with van der Waals surface area (Å²) in [6.07, 6.45) is 19.1. The maximum Gasteiger partial charge on any atom is 0.269 e. The van der Waals surface area contributed by atoms with Gasteiger partial charge in [-0.2, -0.15) is 11.8 Å². The summed E-state index contributed by atoms with van der Waals surface area (Å²) in [6, 6.07) is 30.9. The minimum atomic E-state index is -1.73. The lowest BCUT2D eigenvalue weighted by atomic mass is 9.72. The predicted octanol–water partition coefficient (Wildman–Crippen LogP) is 17.5. The number of nitrogens with zero attached hydrogens (tertiary/aromatic N) is 3. The first-order valence-corrected chi connectivity index (χ1v) is 43.0. The second-order valence-corrected chi connectivity index (χ2v) is 35.5. The fourth-order valence-electron chi connectivity index (χ4n) is 17.3. The van der Waals surface area contributed by atoms with Gasteiger partial charge < -0.3 is 26.4 Å². The highest BCUT2D eigenvalue weighted by Crippen LogP contribution is 2.53. The first-order valence-electron chi connectivity index (χ1n) is 40.7. The second-order valence-electron chi connectivity index (χ2n) is 32.9. The molecule has 1 aliphatic heterocycles. The Morgan fingerprint density at radius 3 is 1.43 bits per heavy atom. The van der Waals surface area contributed by atoms with E-state index in [-0.39, 0.29) is 141 Å². The number of halogens is 7. The van der Waals surface area contributed by atoms with Gasteiger partial charge in [-0.25, -0.2) is 26.3 Å².